The van der Waals surface area contributed by atoms with Crippen molar-refractivity contribution in [1.29, 1.82) is 0 Å². The van der Waals surface area contributed by atoms with Crippen LogP contribution < -0.4 is 0 Å². The van der Waals surface area contributed by atoms with Gasteiger partial charge in [0.2, 0.25) is 0 Å². The van der Waals surface area contributed by atoms with Crippen LogP contribution in [0.15, 0.2) is 60.7 Å². The zero-order chi connectivity index (χ0) is 13.5. The Balaban J connectivity index is 0.00000200. The Labute approximate surface area is 125 Å². The Bertz CT molecular complexity index is 475. The topological polar surface area (TPSA) is 40.5 Å². The Hall–Kier alpha value is -1.84. The highest BCUT2D eigenvalue weighted by Gasteiger charge is 2.10. The van der Waals surface area contributed by atoms with Gasteiger partial charge in [0, 0.05) is 13.1 Å². The molecule has 3 nitrogen and oxygen atoms in total. The highest BCUT2D eigenvalue weighted by atomic mass is 35.5. The molecule has 4 heteroatoms. The Kier molecular flexibility index (Phi) is 6.77. The number of benzene rings is 2. The van der Waals surface area contributed by atoms with E-state index in [1.165, 1.54) is 0 Å². The first-order valence-corrected chi connectivity index (χ1v) is 6.26. The SMILES string of the molecule is Cl.O=C(O)CN(Cc1ccccc1)Cc1ccccc1. The number of rotatable bonds is 6. The molecule has 20 heavy (non-hydrogen) atoms. The molecule has 0 radical (unpaired) electrons. The summed E-state index contributed by atoms with van der Waals surface area (Å²) in [5.74, 6) is -0.799. The standard InChI is InChI=1S/C16H17NO2.ClH/c18-16(19)13-17(11-14-7-3-1-4-8-14)12-15-9-5-2-6-10-15;/h1-10H,11-13H2,(H,18,19);1H. The van der Waals surface area contributed by atoms with Crippen molar-refractivity contribution >= 4 is 18.4 Å². The lowest BCUT2D eigenvalue weighted by Crippen LogP contribution is -2.28. The average molecular weight is 292 g/mol. The second-order valence-electron chi connectivity index (χ2n) is 4.51. The average Bonchev–Trinajstić information content (AvgIpc) is 2.40. The van der Waals surface area contributed by atoms with Crippen LogP contribution in [0.1, 0.15) is 11.1 Å². The molecule has 2 rings (SSSR count). The fourth-order valence-corrected chi connectivity index (χ4v) is 2.04. The van der Waals surface area contributed by atoms with Gasteiger partial charge in [0.05, 0.1) is 6.54 Å². The normalized spacial score (nSPS) is 10.1. The van der Waals surface area contributed by atoms with Gasteiger partial charge in [-0.25, -0.2) is 0 Å². The van der Waals surface area contributed by atoms with E-state index in [9.17, 15) is 4.79 Å². The van der Waals surface area contributed by atoms with Crippen molar-refractivity contribution in [3.05, 3.63) is 71.8 Å². The van der Waals surface area contributed by atoms with Crippen molar-refractivity contribution in [3.8, 4) is 0 Å². The molecule has 2 aromatic rings. The van der Waals surface area contributed by atoms with Gasteiger partial charge in [0.1, 0.15) is 0 Å². The van der Waals surface area contributed by atoms with E-state index in [1.807, 2.05) is 65.6 Å². The molecule has 1 N–H and O–H groups in total. The summed E-state index contributed by atoms with van der Waals surface area (Å²) in [6.07, 6.45) is 0. The van der Waals surface area contributed by atoms with Crippen molar-refractivity contribution < 1.29 is 9.90 Å². The second kappa shape index (κ2) is 8.35. The summed E-state index contributed by atoms with van der Waals surface area (Å²) in [6.45, 7) is 1.33. The molecule has 106 valence electrons. The van der Waals surface area contributed by atoms with Crippen LogP contribution in [-0.2, 0) is 17.9 Å². The van der Waals surface area contributed by atoms with Gasteiger partial charge in [0.15, 0.2) is 0 Å². The van der Waals surface area contributed by atoms with Crippen molar-refractivity contribution in [2.45, 2.75) is 13.1 Å². The molecule has 0 fully saturated rings. The summed E-state index contributed by atoms with van der Waals surface area (Å²) in [5.41, 5.74) is 2.25. The maximum atomic E-state index is 10.9. The molecule has 0 aliphatic heterocycles. The third-order valence-corrected chi connectivity index (χ3v) is 2.86. The van der Waals surface area contributed by atoms with Crippen molar-refractivity contribution in [1.82, 2.24) is 4.90 Å². The van der Waals surface area contributed by atoms with E-state index in [0.717, 1.165) is 11.1 Å². The van der Waals surface area contributed by atoms with E-state index in [4.69, 9.17) is 5.11 Å². The first-order valence-electron chi connectivity index (χ1n) is 6.26. The number of carbonyl (C=O) groups is 1. The summed E-state index contributed by atoms with van der Waals surface area (Å²) in [4.78, 5) is 12.9. The predicted octanol–water partition coefficient (Wildman–Crippen LogP) is 3.20. The van der Waals surface area contributed by atoms with Crippen LogP contribution in [0.2, 0.25) is 0 Å². The van der Waals surface area contributed by atoms with Crippen LogP contribution in [0.4, 0.5) is 0 Å². The number of aliphatic carboxylic acids is 1. The lowest BCUT2D eigenvalue weighted by molar-refractivity contribution is -0.138. The Morgan fingerprint density at radius 2 is 1.25 bits per heavy atom. The fraction of sp³-hybridized carbons (Fsp3) is 0.188. The molecule has 2 aromatic carbocycles. The van der Waals surface area contributed by atoms with E-state index >= 15 is 0 Å². The van der Waals surface area contributed by atoms with E-state index in [-0.39, 0.29) is 19.0 Å². The zero-order valence-electron chi connectivity index (χ0n) is 11.1. The molecule has 0 atom stereocenters. The monoisotopic (exact) mass is 291 g/mol. The molecule has 0 heterocycles. The fourth-order valence-electron chi connectivity index (χ4n) is 2.04. The Morgan fingerprint density at radius 1 is 0.850 bits per heavy atom. The van der Waals surface area contributed by atoms with Crippen LogP contribution >= 0.6 is 12.4 Å². The van der Waals surface area contributed by atoms with Crippen LogP contribution in [0.25, 0.3) is 0 Å². The lowest BCUT2D eigenvalue weighted by atomic mass is 10.1. The van der Waals surface area contributed by atoms with E-state index < -0.39 is 5.97 Å². The molecule has 0 amide bonds. The molecular formula is C16H18ClNO2. The van der Waals surface area contributed by atoms with Gasteiger partial charge >= 0.3 is 5.97 Å². The number of hydrogen-bond acceptors (Lipinski definition) is 2. The van der Waals surface area contributed by atoms with Gasteiger partial charge in [0.25, 0.3) is 0 Å². The largest absolute Gasteiger partial charge is 0.480 e. The number of carboxylic acids is 1. The first kappa shape index (κ1) is 16.2. The number of hydrogen-bond donors (Lipinski definition) is 1. The molecule has 0 unspecified atom stereocenters. The quantitative estimate of drug-likeness (QED) is 0.888. The minimum Gasteiger partial charge on any atom is -0.480 e. The first-order chi connectivity index (χ1) is 9.24. The minimum atomic E-state index is -0.799. The lowest BCUT2D eigenvalue weighted by Gasteiger charge is -2.20. The molecule has 0 saturated heterocycles. The number of nitrogens with zero attached hydrogens (tertiary/aromatic N) is 1. The summed E-state index contributed by atoms with van der Waals surface area (Å²) in [5, 5.41) is 9.00. The zero-order valence-corrected chi connectivity index (χ0v) is 11.9. The van der Waals surface area contributed by atoms with Gasteiger partial charge in [-0.2, -0.15) is 0 Å². The second-order valence-corrected chi connectivity index (χ2v) is 4.51. The van der Waals surface area contributed by atoms with E-state index in [1.54, 1.807) is 0 Å². The van der Waals surface area contributed by atoms with Crippen LogP contribution in [0.5, 0.6) is 0 Å². The van der Waals surface area contributed by atoms with E-state index in [0.29, 0.717) is 13.1 Å². The van der Waals surface area contributed by atoms with Crippen molar-refractivity contribution in [3.63, 3.8) is 0 Å². The molecule has 0 aliphatic carbocycles. The predicted molar refractivity (Wildman–Crippen MR) is 81.9 cm³/mol. The highest BCUT2D eigenvalue weighted by molar-refractivity contribution is 5.85. The highest BCUT2D eigenvalue weighted by Crippen LogP contribution is 2.09. The smallest absolute Gasteiger partial charge is 0.317 e. The van der Waals surface area contributed by atoms with Crippen LogP contribution in [0, 0.1) is 0 Å². The third kappa shape index (κ3) is 5.43. The van der Waals surface area contributed by atoms with Crippen molar-refractivity contribution in [2.75, 3.05) is 6.54 Å². The van der Waals surface area contributed by atoms with Gasteiger partial charge in [-0.1, -0.05) is 60.7 Å². The number of halogens is 1. The molecule has 0 spiro atoms. The summed E-state index contributed by atoms with van der Waals surface area (Å²) in [6, 6.07) is 19.9. The molecular weight excluding hydrogens is 274 g/mol. The maximum absolute atomic E-state index is 10.9. The summed E-state index contributed by atoms with van der Waals surface area (Å²) < 4.78 is 0. The van der Waals surface area contributed by atoms with Crippen LogP contribution in [-0.4, -0.2) is 22.5 Å². The number of carboxylic acid groups (broad SMARTS) is 1. The van der Waals surface area contributed by atoms with Gasteiger partial charge < -0.3 is 5.11 Å². The summed E-state index contributed by atoms with van der Waals surface area (Å²) >= 11 is 0. The third-order valence-electron chi connectivity index (χ3n) is 2.86. The summed E-state index contributed by atoms with van der Waals surface area (Å²) in [7, 11) is 0. The van der Waals surface area contributed by atoms with Gasteiger partial charge in [-0.05, 0) is 11.1 Å². The van der Waals surface area contributed by atoms with E-state index in [2.05, 4.69) is 0 Å². The Morgan fingerprint density at radius 3 is 1.60 bits per heavy atom. The molecule has 0 aliphatic rings. The molecule has 0 bridgehead atoms. The van der Waals surface area contributed by atoms with Gasteiger partial charge in [-0.3, -0.25) is 9.69 Å². The molecule has 0 aromatic heterocycles. The van der Waals surface area contributed by atoms with Crippen molar-refractivity contribution in [2.24, 2.45) is 0 Å². The van der Waals surface area contributed by atoms with Gasteiger partial charge in [-0.15, -0.1) is 12.4 Å². The van der Waals surface area contributed by atoms with Crippen LogP contribution in [0.3, 0.4) is 0 Å². The minimum absolute atomic E-state index is 0. The molecule has 0 saturated carbocycles. The maximum Gasteiger partial charge on any atom is 0.317 e.